The van der Waals surface area contributed by atoms with Gasteiger partial charge in [0, 0.05) is 38.6 Å². The van der Waals surface area contributed by atoms with Crippen molar-refractivity contribution in [3.05, 3.63) is 30.1 Å². The van der Waals surface area contributed by atoms with Gasteiger partial charge in [-0.05, 0) is 38.0 Å². The van der Waals surface area contributed by atoms with E-state index in [0.29, 0.717) is 13.1 Å². The van der Waals surface area contributed by atoms with Crippen molar-refractivity contribution in [1.29, 1.82) is 0 Å². The Labute approximate surface area is 125 Å². The molecule has 0 saturated heterocycles. The zero-order valence-electron chi connectivity index (χ0n) is 12.8. The van der Waals surface area contributed by atoms with Crippen LogP contribution in [0.1, 0.15) is 25.8 Å². The van der Waals surface area contributed by atoms with Crippen LogP contribution in [0.25, 0.3) is 0 Å². The Morgan fingerprint density at radius 1 is 1.33 bits per heavy atom. The van der Waals surface area contributed by atoms with E-state index in [4.69, 9.17) is 5.11 Å². The van der Waals surface area contributed by atoms with Crippen molar-refractivity contribution < 1.29 is 14.7 Å². The summed E-state index contributed by atoms with van der Waals surface area (Å²) in [6, 6.07) is 3.38. The normalized spacial score (nSPS) is 11.8. The number of hydrogen-bond acceptors (Lipinski definition) is 3. The first-order chi connectivity index (χ1) is 9.95. The van der Waals surface area contributed by atoms with E-state index in [-0.39, 0.29) is 18.5 Å². The summed E-state index contributed by atoms with van der Waals surface area (Å²) in [4.78, 5) is 30.3. The van der Waals surface area contributed by atoms with Gasteiger partial charge in [-0.15, -0.1) is 0 Å². The number of urea groups is 1. The van der Waals surface area contributed by atoms with Gasteiger partial charge in [0.25, 0.3) is 0 Å². The van der Waals surface area contributed by atoms with Crippen LogP contribution < -0.4 is 0 Å². The summed E-state index contributed by atoms with van der Waals surface area (Å²) in [5.41, 5.74) is 1.12. The van der Waals surface area contributed by atoms with Gasteiger partial charge in [0.2, 0.25) is 0 Å². The number of carbonyl (C=O) groups is 2. The van der Waals surface area contributed by atoms with E-state index in [1.54, 1.807) is 36.2 Å². The van der Waals surface area contributed by atoms with Gasteiger partial charge in [-0.2, -0.15) is 0 Å². The largest absolute Gasteiger partial charge is 0.481 e. The van der Waals surface area contributed by atoms with E-state index >= 15 is 0 Å². The highest BCUT2D eigenvalue weighted by atomic mass is 16.4. The highest BCUT2D eigenvalue weighted by molar-refractivity contribution is 5.75. The lowest BCUT2D eigenvalue weighted by atomic mass is 10.2. The molecule has 1 heterocycles. The molecule has 0 aromatic carbocycles. The predicted molar refractivity (Wildman–Crippen MR) is 80.1 cm³/mol. The molecule has 0 spiro atoms. The number of pyridine rings is 1. The van der Waals surface area contributed by atoms with Crippen molar-refractivity contribution in [3.63, 3.8) is 0 Å². The minimum atomic E-state index is -0.895. The second-order valence-electron chi connectivity index (χ2n) is 5.04. The lowest BCUT2D eigenvalue weighted by Crippen LogP contribution is -2.46. The molecule has 0 aliphatic rings. The molecule has 0 radical (unpaired) electrons. The maximum Gasteiger partial charge on any atom is 0.319 e. The van der Waals surface area contributed by atoms with Crippen LogP contribution in [0, 0.1) is 0 Å². The molecule has 1 unspecified atom stereocenters. The third kappa shape index (κ3) is 5.41. The molecule has 1 rings (SSSR count). The molecule has 1 aromatic rings. The van der Waals surface area contributed by atoms with Crippen molar-refractivity contribution in [2.24, 2.45) is 0 Å². The molecule has 1 atom stereocenters. The maximum atomic E-state index is 12.4. The summed E-state index contributed by atoms with van der Waals surface area (Å²) in [6.07, 6.45) is 4.16. The number of nitrogens with zero attached hydrogens (tertiary/aromatic N) is 3. The lowest BCUT2D eigenvalue weighted by Gasteiger charge is -2.31. The number of aromatic nitrogens is 1. The minimum absolute atomic E-state index is 0.0439. The van der Waals surface area contributed by atoms with E-state index in [0.717, 1.165) is 12.0 Å². The fourth-order valence-electron chi connectivity index (χ4n) is 2.16. The quantitative estimate of drug-likeness (QED) is 0.832. The van der Waals surface area contributed by atoms with E-state index in [1.807, 2.05) is 19.1 Å². The van der Waals surface area contributed by atoms with Gasteiger partial charge < -0.3 is 14.9 Å². The predicted octanol–water partition coefficient (Wildman–Crippen LogP) is 1.86. The molecule has 1 N–H and O–H groups in total. The molecular formula is C15H23N3O3. The number of carboxylic acid groups (broad SMARTS) is 1. The topological polar surface area (TPSA) is 73.7 Å². The van der Waals surface area contributed by atoms with Crippen LogP contribution in [-0.4, -0.2) is 58.1 Å². The summed E-state index contributed by atoms with van der Waals surface area (Å²) in [5.74, 6) is -0.895. The van der Waals surface area contributed by atoms with E-state index in [9.17, 15) is 9.59 Å². The van der Waals surface area contributed by atoms with Crippen molar-refractivity contribution in [3.8, 4) is 0 Å². The molecule has 0 saturated carbocycles. The summed E-state index contributed by atoms with van der Waals surface area (Å²) in [7, 11) is 1.74. The molecule has 0 fully saturated rings. The van der Waals surface area contributed by atoms with Gasteiger partial charge in [0.15, 0.2) is 0 Å². The Hall–Kier alpha value is -2.11. The van der Waals surface area contributed by atoms with E-state index < -0.39 is 5.97 Å². The SMILES string of the molecule is CCN(C(=O)N(C)CCc1ccncc1)C(C)CC(=O)O. The van der Waals surface area contributed by atoms with Gasteiger partial charge in [0.1, 0.15) is 0 Å². The Balaban J connectivity index is 2.56. The third-order valence-electron chi connectivity index (χ3n) is 3.40. The monoisotopic (exact) mass is 293 g/mol. The van der Waals surface area contributed by atoms with Gasteiger partial charge in [-0.1, -0.05) is 0 Å². The number of carbonyl (C=O) groups excluding carboxylic acids is 1. The van der Waals surface area contributed by atoms with Crippen LogP contribution in [-0.2, 0) is 11.2 Å². The number of rotatable bonds is 7. The fraction of sp³-hybridized carbons (Fsp3) is 0.533. The van der Waals surface area contributed by atoms with Crippen LogP contribution in [0.15, 0.2) is 24.5 Å². The Morgan fingerprint density at radius 2 is 1.95 bits per heavy atom. The van der Waals surface area contributed by atoms with E-state index in [2.05, 4.69) is 4.98 Å². The second kappa shape index (κ2) is 8.24. The van der Waals surface area contributed by atoms with Crippen molar-refractivity contribution in [2.45, 2.75) is 32.7 Å². The first-order valence-corrected chi connectivity index (χ1v) is 7.08. The smallest absolute Gasteiger partial charge is 0.319 e. The number of amides is 2. The van der Waals surface area contributed by atoms with Gasteiger partial charge in [0.05, 0.1) is 6.42 Å². The van der Waals surface area contributed by atoms with Crippen LogP contribution in [0.5, 0.6) is 0 Å². The number of carboxylic acids is 1. The number of aliphatic carboxylic acids is 1. The molecule has 21 heavy (non-hydrogen) atoms. The van der Waals surface area contributed by atoms with Crippen molar-refractivity contribution in [1.82, 2.24) is 14.8 Å². The number of hydrogen-bond donors (Lipinski definition) is 1. The van der Waals surface area contributed by atoms with Crippen LogP contribution in [0.3, 0.4) is 0 Å². The van der Waals surface area contributed by atoms with Crippen LogP contribution in [0.4, 0.5) is 4.79 Å². The highest BCUT2D eigenvalue weighted by Gasteiger charge is 2.23. The number of likely N-dealkylation sites (N-methyl/N-ethyl adjacent to an activating group) is 1. The molecule has 0 aliphatic carbocycles. The van der Waals surface area contributed by atoms with Crippen molar-refractivity contribution >= 4 is 12.0 Å². The average molecular weight is 293 g/mol. The first-order valence-electron chi connectivity index (χ1n) is 7.08. The molecule has 6 heteroatoms. The molecule has 6 nitrogen and oxygen atoms in total. The fourth-order valence-corrected chi connectivity index (χ4v) is 2.16. The highest BCUT2D eigenvalue weighted by Crippen LogP contribution is 2.08. The molecule has 0 aliphatic heterocycles. The molecule has 1 aromatic heterocycles. The molecular weight excluding hydrogens is 270 g/mol. The van der Waals surface area contributed by atoms with Gasteiger partial charge >= 0.3 is 12.0 Å². The third-order valence-corrected chi connectivity index (χ3v) is 3.40. The first kappa shape index (κ1) is 16.9. The molecule has 116 valence electrons. The minimum Gasteiger partial charge on any atom is -0.481 e. The summed E-state index contributed by atoms with van der Waals surface area (Å²) < 4.78 is 0. The Morgan fingerprint density at radius 3 is 2.48 bits per heavy atom. The maximum absolute atomic E-state index is 12.4. The zero-order valence-corrected chi connectivity index (χ0v) is 12.8. The van der Waals surface area contributed by atoms with Crippen LogP contribution >= 0.6 is 0 Å². The summed E-state index contributed by atoms with van der Waals surface area (Å²) >= 11 is 0. The summed E-state index contributed by atoms with van der Waals surface area (Å²) in [5, 5.41) is 8.84. The molecule has 0 bridgehead atoms. The van der Waals surface area contributed by atoms with Crippen LogP contribution in [0.2, 0.25) is 0 Å². The summed E-state index contributed by atoms with van der Waals surface area (Å²) in [6.45, 7) is 4.69. The van der Waals surface area contributed by atoms with Gasteiger partial charge in [-0.25, -0.2) is 4.79 Å². The van der Waals surface area contributed by atoms with Crippen molar-refractivity contribution in [2.75, 3.05) is 20.1 Å². The Kier molecular flexibility index (Phi) is 6.65. The lowest BCUT2D eigenvalue weighted by molar-refractivity contribution is -0.138. The standard InChI is InChI=1S/C15H23N3O3/c1-4-18(12(2)11-14(19)20)15(21)17(3)10-7-13-5-8-16-9-6-13/h5-6,8-9,12H,4,7,10-11H2,1-3H3,(H,19,20). The van der Waals surface area contributed by atoms with E-state index in [1.165, 1.54) is 0 Å². The Bertz CT molecular complexity index is 464. The second-order valence-corrected chi connectivity index (χ2v) is 5.04. The molecule has 2 amide bonds. The van der Waals surface area contributed by atoms with Gasteiger partial charge in [-0.3, -0.25) is 9.78 Å². The zero-order chi connectivity index (χ0) is 15.8. The average Bonchev–Trinajstić information content (AvgIpc) is 2.45.